The first-order chi connectivity index (χ1) is 9.26. The summed E-state index contributed by atoms with van der Waals surface area (Å²) < 4.78 is 6.12. The fraction of sp³-hybridized carbons (Fsp3) is 0.571. The summed E-state index contributed by atoms with van der Waals surface area (Å²) in [6.07, 6.45) is 6.33. The van der Waals surface area contributed by atoms with E-state index in [0.717, 1.165) is 29.0 Å². The molecule has 2 aromatic rings. The minimum atomic E-state index is 0.274. The largest absolute Gasteiger partial charge is 0.474 e. The van der Waals surface area contributed by atoms with Crippen LogP contribution >= 0.6 is 11.3 Å². The second-order valence-corrected chi connectivity index (χ2v) is 6.10. The smallest absolute Gasteiger partial charge is 0.227 e. The van der Waals surface area contributed by atoms with E-state index in [4.69, 9.17) is 10.5 Å². The molecule has 0 radical (unpaired) electrons. The number of rotatable bonds is 3. The van der Waals surface area contributed by atoms with E-state index in [9.17, 15) is 0 Å². The Morgan fingerprint density at radius 3 is 3.16 bits per heavy atom. The van der Waals surface area contributed by atoms with Gasteiger partial charge in [-0.3, -0.25) is 0 Å². The lowest BCUT2D eigenvalue weighted by atomic mass is 9.85. The molecule has 0 spiro atoms. The highest BCUT2D eigenvalue weighted by molar-refractivity contribution is 7.16. The maximum absolute atomic E-state index is 6.12. The molecule has 2 aromatic heterocycles. The number of hydrogen-bond donors (Lipinski definition) is 1. The van der Waals surface area contributed by atoms with Gasteiger partial charge in [-0.25, -0.2) is 4.98 Å². The molecule has 102 valence electrons. The monoisotopic (exact) mass is 277 g/mol. The Labute approximate surface area is 117 Å². The Bertz CT molecular complexity index is 569. The molecule has 1 aliphatic carbocycles. The summed E-state index contributed by atoms with van der Waals surface area (Å²) in [7, 11) is 0. The number of anilines is 1. The van der Waals surface area contributed by atoms with E-state index in [1.807, 2.05) is 11.4 Å². The van der Waals surface area contributed by atoms with E-state index in [-0.39, 0.29) is 6.10 Å². The number of hydrogen-bond acceptors (Lipinski definition) is 5. The quantitative estimate of drug-likeness (QED) is 0.930. The van der Waals surface area contributed by atoms with Crippen LogP contribution in [0.5, 0.6) is 5.88 Å². The molecule has 2 atom stereocenters. The molecule has 0 aliphatic heterocycles. The van der Waals surface area contributed by atoms with Crippen molar-refractivity contribution < 1.29 is 4.74 Å². The van der Waals surface area contributed by atoms with E-state index < -0.39 is 0 Å². The van der Waals surface area contributed by atoms with Gasteiger partial charge in [0.15, 0.2) is 0 Å². The average Bonchev–Trinajstić information content (AvgIpc) is 2.87. The maximum Gasteiger partial charge on any atom is 0.227 e. The minimum absolute atomic E-state index is 0.274. The van der Waals surface area contributed by atoms with E-state index >= 15 is 0 Å². The second kappa shape index (κ2) is 5.33. The molecule has 19 heavy (non-hydrogen) atoms. The molecule has 1 saturated carbocycles. The SMILES string of the molecule is CCC1CCCC(Oc2nc(N)nc3sccc23)C1. The fourth-order valence-electron chi connectivity index (χ4n) is 2.81. The van der Waals surface area contributed by atoms with Crippen molar-refractivity contribution in [3.8, 4) is 5.88 Å². The van der Waals surface area contributed by atoms with Gasteiger partial charge in [-0.15, -0.1) is 11.3 Å². The molecule has 2 unspecified atom stereocenters. The van der Waals surface area contributed by atoms with Gasteiger partial charge in [0, 0.05) is 0 Å². The van der Waals surface area contributed by atoms with Gasteiger partial charge < -0.3 is 10.5 Å². The summed E-state index contributed by atoms with van der Waals surface area (Å²) >= 11 is 1.57. The van der Waals surface area contributed by atoms with Crippen LogP contribution in [0.1, 0.15) is 39.0 Å². The highest BCUT2D eigenvalue weighted by atomic mass is 32.1. The molecule has 4 nitrogen and oxygen atoms in total. The van der Waals surface area contributed by atoms with Gasteiger partial charge in [-0.2, -0.15) is 4.98 Å². The molecule has 0 saturated heterocycles. The normalized spacial score (nSPS) is 23.6. The first-order valence-corrected chi connectivity index (χ1v) is 7.81. The molecule has 2 heterocycles. The third-order valence-electron chi connectivity index (χ3n) is 3.90. The number of thiophene rings is 1. The van der Waals surface area contributed by atoms with Crippen molar-refractivity contribution in [2.75, 3.05) is 5.73 Å². The molecular formula is C14H19N3OS. The number of nitrogens with zero attached hydrogens (tertiary/aromatic N) is 2. The standard InChI is InChI=1S/C14H19N3OS/c1-2-9-4-3-5-10(8-9)18-12-11-6-7-19-13(11)17-14(15)16-12/h6-7,9-10H,2-5,8H2,1H3,(H2,15,16,17). The van der Waals surface area contributed by atoms with Crippen LogP contribution in [-0.2, 0) is 0 Å². The third-order valence-corrected chi connectivity index (χ3v) is 4.70. The Morgan fingerprint density at radius 1 is 1.42 bits per heavy atom. The van der Waals surface area contributed by atoms with E-state index in [0.29, 0.717) is 11.8 Å². The Kier molecular flexibility index (Phi) is 3.55. The minimum Gasteiger partial charge on any atom is -0.474 e. The average molecular weight is 277 g/mol. The third kappa shape index (κ3) is 2.66. The molecule has 2 N–H and O–H groups in total. The van der Waals surface area contributed by atoms with Gasteiger partial charge in [0.2, 0.25) is 11.8 Å². The van der Waals surface area contributed by atoms with Crippen LogP contribution in [0.15, 0.2) is 11.4 Å². The van der Waals surface area contributed by atoms with Crippen molar-refractivity contribution in [3.63, 3.8) is 0 Å². The van der Waals surface area contributed by atoms with Gasteiger partial charge in [-0.05, 0) is 36.6 Å². The summed E-state index contributed by atoms with van der Waals surface area (Å²) in [5, 5.41) is 2.99. The highest BCUT2D eigenvalue weighted by Crippen LogP contribution is 2.33. The van der Waals surface area contributed by atoms with Crippen molar-refractivity contribution in [3.05, 3.63) is 11.4 Å². The summed E-state index contributed by atoms with van der Waals surface area (Å²) in [5.74, 6) is 1.74. The number of aromatic nitrogens is 2. The Morgan fingerprint density at radius 2 is 2.32 bits per heavy atom. The maximum atomic E-state index is 6.12. The van der Waals surface area contributed by atoms with Crippen molar-refractivity contribution in [2.24, 2.45) is 5.92 Å². The van der Waals surface area contributed by atoms with Crippen LogP contribution in [0.4, 0.5) is 5.95 Å². The zero-order chi connectivity index (χ0) is 13.2. The lowest BCUT2D eigenvalue weighted by molar-refractivity contribution is 0.119. The van der Waals surface area contributed by atoms with E-state index in [1.165, 1.54) is 19.3 Å². The molecule has 0 amide bonds. The number of fused-ring (bicyclic) bond motifs is 1. The summed E-state index contributed by atoms with van der Waals surface area (Å²) in [6, 6.07) is 2.01. The molecular weight excluding hydrogens is 258 g/mol. The van der Waals surface area contributed by atoms with Gasteiger partial charge in [-0.1, -0.05) is 19.8 Å². The van der Waals surface area contributed by atoms with Crippen LogP contribution in [0.3, 0.4) is 0 Å². The lowest BCUT2D eigenvalue weighted by Gasteiger charge is -2.28. The van der Waals surface area contributed by atoms with Crippen LogP contribution in [0.2, 0.25) is 0 Å². The van der Waals surface area contributed by atoms with Crippen molar-refractivity contribution in [2.45, 2.75) is 45.1 Å². The summed E-state index contributed by atoms with van der Waals surface area (Å²) in [4.78, 5) is 9.40. The first kappa shape index (κ1) is 12.7. The van der Waals surface area contributed by atoms with Gasteiger partial charge in [0.05, 0.1) is 5.39 Å². The fourth-order valence-corrected chi connectivity index (χ4v) is 3.57. The topological polar surface area (TPSA) is 61.0 Å². The van der Waals surface area contributed by atoms with Crippen LogP contribution in [0, 0.1) is 5.92 Å². The molecule has 1 aliphatic rings. The number of ether oxygens (including phenoxy) is 1. The number of nitrogen functional groups attached to an aromatic ring is 1. The van der Waals surface area contributed by atoms with Crippen molar-refractivity contribution in [1.82, 2.24) is 9.97 Å². The van der Waals surface area contributed by atoms with Crippen LogP contribution in [0.25, 0.3) is 10.2 Å². The van der Waals surface area contributed by atoms with Crippen molar-refractivity contribution >= 4 is 27.5 Å². The Balaban J connectivity index is 1.82. The number of nitrogens with two attached hydrogens (primary N) is 1. The van der Waals surface area contributed by atoms with Crippen LogP contribution < -0.4 is 10.5 Å². The summed E-state index contributed by atoms with van der Waals surface area (Å²) in [6.45, 7) is 2.26. The van der Waals surface area contributed by atoms with E-state index in [1.54, 1.807) is 11.3 Å². The zero-order valence-corrected chi connectivity index (χ0v) is 11.9. The summed E-state index contributed by atoms with van der Waals surface area (Å²) in [5.41, 5.74) is 5.75. The van der Waals surface area contributed by atoms with Gasteiger partial charge in [0.25, 0.3) is 0 Å². The molecule has 3 rings (SSSR count). The molecule has 1 fully saturated rings. The first-order valence-electron chi connectivity index (χ1n) is 6.93. The van der Waals surface area contributed by atoms with Crippen molar-refractivity contribution in [1.29, 1.82) is 0 Å². The zero-order valence-electron chi connectivity index (χ0n) is 11.1. The lowest BCUT2D eigenvalue weighted by Crippen LogP contribution is -2.25. The molecule has 0 aromatic carbocycles. The molecule has 0 bridgehead atoms. The highest BCUT2D eigenvalue weighted by Gasteiger charge is 2.23. The van der Waals surface area contributed by atoms with E-state index in [2.05, 4.69) is 16.9 Å². The molecule has 5 heteroatoms. The predicted octanol–water partition coefficient (Wildman–Crippen LogP) is 3.62. The van der Waals surface area contributed by atoms with Gasteiger partial charge >= 0.3 is 0 Å². The predicted molar refractivity (Wildman–Crippen MR) is 78.5 cm³/mol. The van der Waals surface area contributed by atoms with Crippen LogP contribution in [-0.4, -0.2) is 16.1 Å². The second-order valence-electron chi connectivity index (χ2n) is 5.21. The Hall–Kier alpha value is -1.36. The van der Waals surface area contributed by atoms with Gasteiger partial charge in [0.1, 0.15) is 10.9 Å².